The van der Waals surface area contributed by atoms with E-state index in [4.69, 9.17) is 0 Å². The lowest BCUT2D eigenvalue weighted by atomic mass is 10.2. The van der Waals surface area contributed by atoms with E-state index in [-0.39, 0.29) is 6.61 Å². The molecule has 1 aromatic carbocycles. The zero-order valence-electron chi connectivity index (χ0n) is 10.5. The van der Waals surface area contributed by atoms with E-state index in [0.717, 1.165) is 5.56 Å². The molecule has 1 N–H and O–H groups in total. The molecule has 0 radical (unpaired) electrons. The van der Waals surface area contributed by atoms with Gasteiger partial charge in [-0.2, -0.15) is 0 Å². The van der Waals surface area contributed by atoms with E-state index in [0.29, 0.717) is 0 Å². The second-order valence-electron chi connectivity index (χ2n) is 5.69. The number of hydrogen-bond acceptors (Lipinski definition) is 1. The molecule has 1 nitrogen and oxygen atoms in total. The highest BCUT2D eigenvalue weighted by Crippen LogP contribution is 2.20. The summed E-state index contributed by atoms with van der Waals surface area (Å²) in [6.45, 7) is 12.4. The van der Waals surface area contributed by atoms with Crippen molar-refractivity contribution in [3.8, 4) is 0 Å². The van der Waals surface area contributed by atoms with Crippen molar-refractivity contribution in [2.75, 3.05) is 0 Å². The Balaban J connectivity index is 3.26. The van der Waals surface area contributed by atoms with Crippen LogP contribution in [0.2, 0.25) is 32.7 Å². The minimum Gasteiger partial charge on any atom is -0.392 e. The summed E-state index contributed by atoms with van der Waals surface area (Å²) in [5.74, 6) is 0. The summed E-state index contributed by atoms with van der Waals surface area (Å²) < 4.78 is 0. The van der Waals surface area contributed by atoms with Gasteiger partial charge in [-0.25, -0.2) is 0 Å². The summed E-state index contributed by atoms with van der Waals surface area (Å²) >= 11 is 0. The maximum absolute atomic E-state index is 9.39. The molecule has 0 heterocycles. The molecule has 84 valence electrons. The quantitative estimate of drug-likeness (QED) is 0.802. The van der Waals surface area contributed by atoms with E-state index in [1.807, 2.05) is 6.07 Å². The first kappa shape index (κ1) is 12.7. The van der Waals surface area contributed by atoms with Gasteiger partial charge in [0.15, 0.2) is 0 Å². The highest BCUT2D eigenvalue weighted by molar-refractivity contribution is 7.45. The third-order valence-corrected chi connectivity index (χ3v) is 21.4. The molecule has 0 aliphatic rings. The maximum atomic E-state index is 9.39. The number of rotatable bonds is 3. The molecule has 0 bridgehead atoms. The van der Waals surface area contributed by atoms with Gasteiger partial charge < -0.3 is 5.11 Å². The summed E-state index contributed by atoms with van der Waals surface area (Å²) in [4.78, 5) is 0. The molecule has 1 aromatic rings. The molecule has 0 unspecified atom stereocenters. The van der Waals surface area contributed by atoms with E-state index >= 15 is 0 Å². The second kappa shape index (κ2) is 4.24. The van der Waals surface area contributed by atoms with Crippen LogP contribution < -0.4 is 5.19 Å². The van der Waals surface area contributed by atoms with Crippen molar-refractivity contribution >= 4 is 20.4 Å². The average Bonchev–Trinajstić information content (AvgIpc) is 2.16. The Morgan fingerprint density at radius 1 is 1.00 bits per heavy atom. The minimum absolute atomic E-state index is 0.178. The molecule has 1 rings (SSSR count). The van der Waals surface area contributed by atoms with Crippen LogP contribution >= 0.6 is 0 Å². The first-order chi connectivity index (χ1) is 6.80. The highest BCUT2D eigenvalue weighted by Gasteiger charge is 2.39. The van der Waals surface area contributed by atoms with Gasteiger partial charge in [-0.1, -0.05) is 62.2 Å². The number of aliphatic hydroxyl groups is 1. The number of aliphatic hydroxyl groups excluding tert-OH is 1. The Morgan fingerprint density at radius 3 is 2.00 bits per heavy atom. The van der Waals surface area contributed by atoms with Gasteiger partial charge in [0.2, 0.25) is 0 Å². The fraction of sp³-hybridized carbons (Fsp3) is 0.500. The Hall–Kier alpha value is -0.386. The summed E-state index contributed by atoms with van der Waals surface area (Å²) in [5.41, 5.74) is 1.14. The lowest BCUT2D eigenvalue weighted by Crippen LogP contribution is -2.62. The second-order valence-corrected chi connectivity index (χ2v) is 22.2. The molecule has 0 saturated carbocycles. The topological polar surface area (TPSA) is 20.2 Å². The van der Waals surface area contributed by atoms with Crippen LogP contribution in [0.15, 0.2) is 24.3 Å². The molecule has 0 saturated heterocycles. The predicted molar refractivity (Wildman–Crippen MR) is 72.8 cm³/mol. The maximum Gasteiger partial charge on any atom is 0.0741 e. The summed E-state index contributed by atoms with van der Waals surface area (Å²) in [5, 5.41) is 10.8. The van der Waals surface area contributed by atoms with Crippen LogP contribution in [0.3, 0.4) is 0 Å². The summed E-state index contributed by atoms with van der Waals surface area (Å²) in [6.07, 6.45) is 0. The molecule has 0 aliphatic heterocycles. The fourth-order valence-electron chi connectivity index (χ4n) is 1.67. The van der Waals surface area contributed by atoms with E-state index in [2.05, 4.69) is 50.9 Å². The first-order valence-electron chi connectivity index (χ1n) is 5.50. The molecule has 0 amide bonds. The summed E-state index contributed by atoms with van der Waals surface area (Å²) in [7, 11) is -2.51. The van der Waals surface area contributed by atoms with Crippen molar-refractivity contribution in [3.63, 3.8) is 0 Å². The van der Waals surface area contributed by atoms with Crippen molar-refractivity contribution in [3.05, 3.63) is 29.8 Å². The van der Waals surface area contributed by atoms with Crippen molar-refractivity contribution < 1.29 is 5.11 Å². The minimum atomic E-state index is -1.37. The predicted octanol–water partition coefficient (Wildman–Crippen LogP) is 2.51. The van der Waals surface area contributed by atoms with Gasteiger partial charge >= 0.3 is 0 Å². The summed E-state index contributed by atoms with van der Waals surface area (Å²) in [6, 6.07) is 8.40. The standard InChI is InChI=1S/C12H22OSi2/c1-14(2,3)15(4,5)12-9-7-6-8-11(12)10-13/h6-9,13H,10H2,1-5H3. The molecule has 0 aliphatic carbocycles. The average molecular weight is 238 g/mol. The lowest BCUT2D eigenvalue weighted by molar-refractivity contribution is 0.283. The van der Waals surface area contributed by atoms with Gasteiger partial charge in [-0.05, 0) is 5.56 Å². The monoisotopic (exact) mass is 238 g/mol. The molecule has 0 aromatic heterocycles. The van der Waals surface area contributed by atoms with E-state index in [1.165, 1.54) is 5.19 Å². The van der Waals surface area contributed by atoms with Crippen LogP contribution in [0.1, 0.15) is 5.56 Å². The molecule has 0 spiro atoms. The van der Waals surface area contributed by atoms with Gasteiger partial charge in [0, 0.05) is 7.59 Å². The zero-order chi connectivity index (χ0) is 11.7. The van der Waals surface area contributed by atoms with Crippen molar-refractivity contribution in [2.24, 2.45) is 0 Å². The largest absolute Gasteiger partial charge is 0.392 e. The van der Waals surface area contributed by atoms with Gasteiger partial charge in [0.05, 0.1) is 14.2 Å². The van der Waals surface area contributed by atoms with Crippen molar-refractivity contribution in [2.45, 2.75) is 39.3 Å². The van der Waals surface area contributed by atoms with Gasteiger partial charge in [0.1, 0.15) is 0 Å². The first-order valence-corrected chi connectivity index (χ1v) is 13.0. The van der Waals surface area contributed by atoms with Crippen LogP contribution in [-0.2, 0) is 6.61 Å². The van der Waals surface area contributed by atoms with Crippen molar-refractivity contribution in [1.29, 1.82) is 0 Å². The Bertz CT molecular complexity index is 340. The molecular weight excluding hydrogens is 216 g/mol. The number of hydrogen-bond donors (Lipinski definition) is 1. The van der Waals surface area contributed by atoms with Gasteiger partial charge in [-0.3, -0.25) is 0 Å². The van der Waals surface area contributed by atoms with Gasteiger partial charge in [0.25, 0.3) is 0 Å². The number of benzene rings is 1. The van der Waals surface area contributed by atoms with Crippen LogP contribution in [0.5, 0.6) is 0 Å². The molecule has 0 atom stereocenters. The lowest BCUT2D eigenvalue weighted by Gasteiger charge is -2.37. The van der Waals surface area contributed by atoms with Gasteiger partial charge in [-0.15, -0.1) is 0 Å². The van der Waals surface area contributed by atoms with Crippen LogP contribution in [0, 0.1) is 0 Å². The van der Waals surface area contributed by atoms with Crippen LogP contribution in [-0.4, -0.2) is 20.3 Å². The normalized spacial score (nSPS) is 12.9. The molecule has 15 heavy (non-hydrogen) atoms. The highest BCUT2D eigenvalue weighted by atomic mass is 29.3. The van der Waals surface area contributed by atoms with Crippen LogP contribution in [0.25, 0.3) is 0 Å². The van der Waals surface area contributed by atoms with Crippen molar-refractivity contribution in [1.82, 2.24) is 0 Å². The fourth-order valence-corrected chi connectivity index (χ4v) is 7.11. The molecule has 0 fully saturated rings. The third-order valence-electron chi connectivity index (χ3n) is 3.74. The van der Waals surface area contributed by atoms with E-state index < -0.39 is 15.2 Å². The molecular formula is C12H22OSi2. The Kier molecular flexibility index (Phi) is 3.58. The third kappa shape index (κ3) is 2.41. The molecule has 3 heteroatoms. The smallest absolute Gasteiger partial charge is 0.0741 e. The van der Waals surface area contributed by atoms with Crippen LogP contribution in [0.4, 0.5) is 0 Å². The Labute approximate surface area is 95.0 Å². The van der Waals surface area contributed by atoms with E-state index in [1.54, 1.807) is 0 Å². The SMILES string of the molecule is C[Si](C)(C)[Si](C)(C)c1ccccc1CO. The Morgan fingerprint density at radius 2 is 1.53 bits per heavy atom. The zero-order valence-corrected chi connectivity index (χ0v) is 12.5. The van der Waals surface area contributed by atoms with E-state index in [9.17, 15) is 5.11 Å².